The summed E-state index contributed by atoms with van der Waals surface area (Å²) in [4.78, 5) is 0. The van der Waals surface area contributed by atoms with E-state index in [1.54, 1.807) is 0 Å². The summed E-state index contributed by atoms with van der Waals surface area (Å²) in [5, 5.41) is 4.25. The molecule has 1 N–H and O–H groups in total. The molecule has 1 rings (SSSR count). The van der Waals surface area contributed by atoms with E-state index in [9.17, 15) is 0 Å². The molecule has 0 saturated heterocycles. The monoisotopic (exact) mass is 259 g/mol. The van der Waals surface area contributed by atoms with E-state index in [1.165, 1.54) is 0 Å². The minimum Gasteiger partial charge on any atom is -0.312 e. The number of halogens is 2. The first kappa shape index (κ1) is 13.8. The predicted molar refractivity (Wildman–Crippen MR) is 72.3 cm³/mol. The SMILES string of the molecule is CC(C)(CCCl)CNCc1ccccc1Cl. The lowest BCUT2D eigenvalue weighted by atomic mass is 9.90. The van der Waals surface area contributed by atoms with Crippen molar-refractivity contribution >= 4 is 23.2 Å². The van der Waals surface area contributed by atoms with Gasteiger partial charge in [0.25, 0.3) is 0 Å². The van der Waals surface area contributed by atoms with Crippen LogP contribution in [0.1, 0.15) is 25.8 Å². The first-order chi connectivity index (χ1) is 7.55. The second kappa shape index (κ2) is 6.48. The Morgan fingerprint density at radius 1 is 1.25 bits per heavy atom. The van der Waals surface area contributed by atoms with Crippen LogP contribution in [-0.4, -0.2) is 12.4 Å². The van der Waals surface area contributed by atoms with Gasteiger partial charge in [0.15, 0.2) is 0 Å². The molecule has 1 aromatic carbocycles. The lowest BCUT2D eigenvalue weighted by molar-refractivity contribution is 0.329. The molecule has 0 radical (unpaired) electrons. The zero-order valence-corrected chi connectivity index (χ0v) is 11.4. The van der Waals surface area contributed by atoms with E-state index < -0.39 is 0 Å². The van der Waals surface area contributed by atoms with Gasteiger partial charge in [0.2, 0.25) is 0 Å². The molecule has 16 heavy (non-hydrogen) atoms. The van der Waals surface area contributed by atoms with E-state index in [1.807, 2.05) is 24.3 Å². The molecule has 0 aliphatic rings. The second-order valence-electron chi connectivity index (χ2n) is 4.80. The van der Waals surface area contributed by atoms with Gasteiger partial charge in [0.1, 0.15) is 0 Å². The van der Waals surface area contributed by atoms with Crippen LogP contribution in [0, 0.1) is 5.41 Å². The summed E-state index contributed by atoms with van der Waals surface area (Å²) in [6.07, 6.45) is 1.02. The van der Waals surface area contributed by atoms with Crippen molar-refractivity contribution in [2.75, 3.05) is 12.4 Å². The molecule has 0 atom stereocenters. The summed E-state index contributed by atoms with van der Waals surface area (Å²) in [5.41, 5.74) is 1.38. The third-order valence-electron chi connectivity index (χ3n) is 2.65. The van der Waals surface area contributed by atoms with E-state index in [0.29, 0.717) is 5.88 Å². The lowest BCUT2D eigenvalue weighted by Gasteiger charge is -2.24. The van der Waals surface area contributed by atoms with Crippen molar-refractivity contribution in [2.24, 2.45) is 5.41 Å². The molecule has 1 nitrogen and oxygen atoms in total. The fourth-order valence-electron chi connectivity index (χ4n) is 1.52. The Bertz CT molecular complexity index is 323. The van der Waals surface area contributed by atoms with Crippen molar-refractivity contribution in [2.45, 2.75) is 26.8 Å². The molecular formula is C13H19Cl2N. The maximum Gasteiger partial charge on any atom is 0.0450 e. The van der Waals surface area contributed by atoms with Crippen LogP contribution in [-0.2, 0) is 6.54 Å². The van der Waals surface area contributed by atoms with Gasteiger partial charge >= 0.3 is 0 Å². The summed E-state index contributed by atoms with van der Waals surface area (Å²) >= 11 is 11.8. The molecule has 0 fully saturated rings. The highest BCUT2D eigenvalue weighted by molar-refractivity contribution is 6.31. The van der Waals surface area contributed by atoms with Crippen molar-refractivity contribution in [3.05, 3.63) is 34.9 Å². The van der Waals surface area contributed by atoms with Crippen LogP contribution in [0.3, 0.4) is 0 Å². The molecule has 0 heterocycles. The van der Waals surface area contributed by atoms with Crippen LogP contribution in [0.4, 0.5) is 0 Å². The molecule has 0 spiro atoms. The number of hydrogen-bond donors (Lipinski definition) is 1. The van der Waals surface area contributed by atoms with Gasteiger partial charge in [0.05, 0.1) is 0 Å². The maximum absolute atomic E-state index is 6.07. The lowest BCUT2D eigenvalue weighted by Crippen LogP contribution is -2.29. The minimum atomic E-state index is 0.239. The molecule has 0 aromatic heterocycles. The Morgan fingerprint density at radius 2 is 1.94 bits per heavy atom. The number of benzene rings is 1. The summed E-state index contributed by atoms with van der Waals surface area (Å²) in [7, 11) is 0. The third-order valence-corrected chi connectivity index (χ3v) is 3.21. The fraction of sp³-hybridized carbons (Fsp3) is 0.538. The first-order valence-corrected chi connectivity index (χ1v) is 6.46. The average Bonchev–Trinajstić information content (AvgIpc) is 2.20. The molecule has 0 bridgehead atoms. The molecule has 1 aromatic rings. The van der Waals surface area contributed by atoms with E-state index in [2.05, 4.69) is 19.2 Å². The van der Waals surface area contributed by atoms with Crippen molar-refractivity contribution in [1.29, 1.82) is 0 Å². The quantitative estimate of drug-likeness (QED) is 0.760. The third kappa shape index (κ3) is 4.73. The van der Waals surface area contributed by atoms with E-state index >= 15 is 0 Å². The van der Waals surface area contributed by atoms with Crippen LogP contribution >= 0.6 is 23.2 Å². The molecule has 0 amide bonds. The van der Waals surface area contributed by atoms with Gasteiger partial charge in [0, 0.05) is 24.0 Å². The molecule has 90 valence electrons. The van der Waals surface area contributed by atoms with Crippen molar-refractivity contribution in [3.63, 3.8) is 0 Å². The Hall–Kier alpha value is -0.240. The van der Waals surface area contributed by atoms with Crippen LogP contribution < -0.4 is 5.32 Å². The number of alkyl halides is 1. The molecule has 0 aliphatic carbocycles. The van der Waals surface area contributed by atoms with Crippen LogP contribution in [0.25, 0.3) is 0 Å². The fourth-order valence-corrected chi connectivity index (χ4v) is 2.24. The van der Waals surface area contributed by atoms with Crippen molar-refractivity contribution < 1.29 is 0 Å². The largest absolute Gasteiger partial charge is 0.312 e. The summed E-state index contributed by atoms with van der Waals surface area (Å²) < 4.78 is 0. The van der Waals surface area contributed by atoms with Crippen molar-refractivity contribution in [1.82, 2.24) is 5.32 Å². The summed E-state index contributed by atoms with van der Waals surface area (Å²) in [6.45, 7) is 6.19. The maximum atomic E-state index is 6.07. The molecule has 3 heteroatoms. The Balaban J connectivity index is 2.39. The van der Waals surface area contributed by atoms with E-state index in [0.717, 1.165) is 30.1 Å². The smallest absolute Gasteiger partial charge is 0.0450 e. The van der Waals surface area contributed by atoms with Gasteiger partial charge in [-0.25, -0.2) is 0 Å². The second-order valence-corrected chi connectivity index (χ2v) is 5.58. The van der Waals surface area contributed by atoms with Crippen LogP contribution in [0.15, 0.2) is 24.3 Å². The van der Waals surface area contributed by atoms with Crippen LogP contribution in [0.5, 0.6) is 0 Å². The normalized spacial score (nSPS) is 11.8. The number of nitrogens with one attached hydrogen (secondary N) is 1. The Labute approximate surface area is 108 Å². The number of rotatable bonds is 6. The standard InChI is InChI=1S/C13H19Cl2N/c1-13(2,7-8-14)10-16-9-11-5-3-4-6-12(11)15/h3-6,16H,7-10H2,1-2H3. The minimum absolute atomic E-state index is 0.239. The van der Waals surface area contributed by atoms with Gasteiger partial charge in [-0.05, 0) is 23.5 Å². The molecule has 0 saturated carbocycles. The first-order valence-electron chi connectivity index (χ1n) is 5.55. The number of hydrogen-bond acceptors (Lipinski definition) is 1. The summed E-state index contributed by atoms with van der Waals surface area (Å²) in [6, 6.07) is 7.92. The zero-order valence-electron chi connectivity index (χ0n) is 9.89. The van der Waals surface area contributed by atoms with Gasteiger partial charge in [-0.1, -0.05) is 43.6 Å². The average molecular weight is 260 g/mol. The van der Waals surface area contributed by atoms with Gasteiger partial charge in [-0.3, -0.25) is 0 Å². The van der Waals surface area contributed by atoms with Crippen LogP contribution in [0.2, 0.25) is 5.02 Å². The van der Waals surface area contributed by atoms with E-state index in [4.69, 9.17) is 23.2 Å². The molecular weight excluding hydrogens is 241 g/mol. The summed E-state index contributed by atoms with van der Waals surface area (Å²) in [5.74, 6) is 0.709. The Kier molecular flexibility index (Phi) is 5.60. The van der Waals surface area contributed by atoms with Gasteiger partial charge in [-0.15, -0.1) is 11.6 Å². The highest BCUT2D eigenvalue weighted by atomic mass is 35.5. The predicted octanol–water partition coefficient (Wildman–Crippen LogP) is 4.08. The molecule has 0 aliphatic heterocycles. The Morgan fingerprint density at radius 3 is 2.56 bits per heavy atom. The van der Waals surface area contributed by atoms with E-state index in [-0.39, 0.29) is 5.41 Å². The highest BCUT2D eigenvalue weighted by Gasteiger charge is 2.16. The molecule has 0 unspecified atom stereocenters. The zero-order chi connectivity index (χ0) is 12.0. The topological polar surface area (TPSA) is 12.0 Å². The van der Waals surface area contributed by atoms with Gasteiger partial charge in [-0.2, -0.15) is 0 Å². The highest BCUT2D eigenvalue weighted by Crippen LogP contribution is 2.20. The van der Waals surface area contributed by atoms with Crippen molar-refractivity contribution in [3.8, 4) is 0 Å². The van der Waals surface area contributed by atoms with Gasteiger partial charge < -0.3 is 5.32 Å².